The zero-order valence-corrected chi connectivity index (χ0v) is 19.2. The van der Waals surface area contributed by atoms with Gasteiger partial charge in [-0.05, 0) is 26.0 Å². The van der Waals surface area contributed by atoms with Crippen LogP contribution in [0.3, 0.4) is 0 Å². The van der Waals surface area contributed by atoms with Crippen LogP contribution in [0.4, 0.5) is 17.1 Å². The molecule has 10 nitrogen and oxygen atoms in total. The first kappa shape index (κ1) is 23.9. The van der Waals surface area contributed by atoms with Crippen molar-refractivity contribution in [3.05, 3.63) is 45.5 Å². The van der Waals surface area contributed by atoms with Crippen molar-refractivity contribution in [3.8, 4) is 11.5 Å². The molecule has 2 aromatic rings. The van der Waals surface area contributed by atoms with Gasteiger partial charge >= 0.3 is 0 Å². The molecule has 0 bridgehead atoms. The lowest BCUT2D eigenvalue weighted by molar-refractivity contribution is -0.384. The maximum absolute atomic E-state index is 13.0. The molecular weight excluding hydrogens is 462 g/mol. The van der Waals surface area contributed by atoms with E-state index in [1.165, 1.54) is 12.1 Å². The lowest BCUT2D eigenvalue weighted by Gasteiger charge is -2.31. The Morgan fingerprint density at radius 1 is 1.12 bits per heavy atom. The summed E-state index contributed by atoms with van der Waals surface area (Å²) in [5, 5.41) is 11.0. The molecule has 0 radical (unpaired) electrons. The minimum atomic E-state index is -4.18. The number of anilines is 2. The highest BCUT2D eigenvalue weighted by atomic mass is 35.5. The summed E-state index contributed by atoms with van der Waals surface area (Å²) in [6, 6.07) is 6.56. The molecule has 1 aliphatic rings. The molecular formula is C20H24ClN3O7S. The van der Waals surface area contributed by atoms with E-state index in [1.807, 2.05) is 6.92 Å². The molecule has 1 fully saturated rings. The summed E-state index contributed by atoms with van der Waals surface area (Å²) >= 11 is 5.81. The van der Waals surface area contributed by atoms with Crippen molar-refractivity contribution >= 4 is 38.7 Å². The van der Waals surface area contributed by atoms with Crippen molar-refractivity contribution in [2.45, 2.75) is 18.7 Å². The first-order valence-electron chi connectivity index (χ1n) is 10.00. The van der Waals surface area contributed by atoms with E-state index in [0.29, 0.717) is 51.0 Å². The number of ether oxygens (including phenoxy) is 3. The Hall–Kier alpha value is -2.76. The fourth-order valence-electron chi connectivity index (χ4n) is 3.23. The molecule has 1 saturated heterocycles. The second-order valence-electron chi connectivity index (χ2n) is 6.76. The molecule has 174 valence electrons. The quantitative estimate of drug-likeness (QED) is 0.421. The molecule has 1 N–H and O–H groups in total. The molecule has 1 heterocycles. The number of nitro groups is 1. The van der Waals surface area contributed by atoms with Crippen LogP contribution < -0.4 is 19.1 Å². The van der Waals surface area contributed by atoms with E-state index in [4.69, 9.17) is 25.8 Å². The lowest BCUT2D eigenvalue weighted by atomic mass is 10.2. The van der Waals surface area contributed by atoms with Gasteiger partial charge in [-0.25, -0.2) is 8.42 Å². The molecule has 32 heavy (non-hydrogen) atoms. The van der Waals surface area contributed by atoms with Gasteiger partial charge in [-0.2, -0.15) is 0 Å². The number of nitrogens with zero attached hydrogens (tertiary/aromatic N) is 2. The number of hydrogen-bond donors (Lipinski definition) is 1. The zero-order valence-electron chi connectivity index (χ0n) is 17.7. The van der Waals surface area contributed by atoms with Crippen LogP contribution in [0, 0.1) is 10.1 Å². The molecule has 1 aliphatic heterocycles. The van der Waals surface area contributed by atoms with Crippen molar-refractivity contribution in [2.24, 2.45) is 0 Å². The number of hydrogen-bond acceptors (Lipinski definition) is 8. The van der Waals surface area contributed by atoms with Crippen LogP contribution in [0.1, 0.15) is 13.8 Å². The Morgan fingerprint density at radius 2 is 1.78 bits per heavy atom. The Kier molecular flexibility index (Phi) is 7.64. The summed E-state index contributed by atoms with van der Waals surface area (Å²) in [7, 11) is -4.18. The number of halogens is 1. The van der Waals surface area contributed by atoms with Gasteiger partial charge in [0.2, 0.25) is 0 Å². The Labute approximate surface area is 191 Å². The summed E-state index contributed by atoms with van der Waals surface area (Å²) in [5.74, 6) is 0.794. The standard InChI is InChI=1S/C20H24ClN3O7S/c1-3-30-19-13-18(23-7-9-29-10-8-23)20(31-4-2)12-16(19)22-32(27,28)14-5-6-15(21)17(11-14)24(25)26/h5-6,11-13,22H,3-4,7-10H2,1-2H3. The van der Waals surface area contributed by atoms with E-state index in [-0.39, 0.29) is 15.6 Å². The van der Waals surface area contributed by atoms with Crippen molar-refractivity contribution < 1.29 is 27.6 Å². The van der Waals surface area contributed by atoms with Crippen LogP contribution >= 0.6 is 11.6 Å². The van der Waals surface area contributed by atoms with Crippen molar-refractivity contribution in [2.75, 3.05) is 49.1 Å². The van der Waals surface area contributed by atoms with Gasteiger partial charge in [-0.15, -0.1) is 0 Å². The molecule has 0 amide bonds. The molecule has 12 heteroatoms. The molecule has 0 aromatic heterocycles. The number of benzene rings is 2. The topological polar surface area (TPSA) is 120 Å². The van der Waals surface area contributed by atoms with Gasteiger partial charge in [0.25, 0.3) is 15.7 Å². The second kappa shape index (κ2) is 10.2. The third-order valence-corrected chi connectivity index (χ3v) is 6.36. The maximum atomic E-state index is 13.0. The van der Waals surface area contributed by atoms with Crippen LogP contribution in [-0.4, -0.2) is 52.9 Å². The third kappa shape index (κ3) is 5.34. The lowest BCUT2D eigenvalue weighted by Crippen LogP contribution is -2.36. The molecule has 0 aliphatic carbocycles. The Morgan fingerprint density at radius 3 is 2.41 bits per heavy atom. The van der Waals surface area contributed by atoms with E-state index >= 15 is 0 Å². The van der Waals surface area contributed by atoms with Crippen molar-refractivity contribution in [1.29, 1.82) is 0 Å². The largest absolute Gasteiger partial charge is 0.492 e. The van der Waals surface area contributed by atoms with E-state index in [1.54, 1.807) is 19.1 Å². The molecule has 3 rings (SSSR count). The van der Waals surface area contributed by atoms with E-state index in [2.05, 4.69) is 9.62 Å². The monoisotopic (exact) mass is 485 g/mol. The zero-order chi connectivity index (χ0) is 23.3. The SMILES string of the molecule is CCOc1cc(N2CCOCC2)c(OCC)cc1NS(=O)(=O)c1ccc(Cl)c([N+](=O)[O-])c1. The Balaban J connectivity index is 2.03. The molecule has 2 aromatic carbocycles. The predicted octanol–water partition coefficient (Wildman–Crippen LogP) is 3.68. The summed E-state index contributed by atoms with van der Waals surface area (Å²) in [5.41, 5.74) is 0.422. The maximum Gasteiger partial charge on any atom is 0.289 e. The minimum Gasteiger partial charge on any atom is -0.492 e. The molecule has 0 atom stereocenters. The summed E-state index contributed by atoms with van der Waals surface area (Å²) in [6.07, 6.45) is 0. The number of morpholine rings is 1. The normalized spacial score (nSPS) is 14.2. The Bertz CT molecular complexity index is 1090. The molecule has 0 spiro atoms. The van der Waals surface area contributed by atoms with Crippen LogP contribution in [0.15, 0.2) is 35.2 Å². The number of rotatable bonds is 9. The van der Waals surface area contributed by atoms with Gasteiger partial charge in [-0.3, -0.25) is 14.8 Å². The number of sulfonamides is 1. The fraction of sp³-hybridized carbons (Fsp3) is 0.400. The van der Waals surface area contributed by atoms with Gasteiger partial charge in [0, 0.05) is 31.3 Å². The second-order valence-corrected chi connectivity index (χ2v) is 8.85. The molecule has 0 unspecified atom stereocenters. The summed E-state index contributed by atoms with van der Waals surface area (Å²) < 4.78 is 45.3. The highest BCUT2D eigenvalue weighted by Gasteiger charge is 2.25. The van der Waals surface area contributed by atoms with Crippen LogP contribution in [0.25, 0.3) is 0 Å². The number of nitro benzene ring substituents is 1. The summed E-state index contributed by atoms with van der Waals surface area (Å²) in [6.45, 7) is 6.75. The highest BCUT2D eigenvalue weighted by molar-refractivity contribution is 7.92. The first-order valence-corrected chi connectivity index (χ1v) is 11.9. The molecule has 0 saturated carbocycles. The van der Waals surface area contributed by atoms with E-state index in [0.717, 1.165) is 11.8 Å². The van der Waals surface area contributed by atoms with Gasteiger partial charge in [0.15, 0.2) is 0 Å². The third-order valence-electron chi connectivity index (χ3n) is 4.68. The van der Waals surface area contributed by atoms with Gasteiger partial charge in [0.1, 0.15) is 16.5 Å². The van der Waals surface area contributed by atoms with Crippen LogP contribution in [0.5, 0.6) is 11.5 Å². The van der Waals surface area contributed by atoms with E-state index in [9.17, 15) is 18.5 Å². The number of nitrogens with one attached hydrogen (secondary N) is 1. The summed E-state index contributed by atoms with van der Waals surface area (Å²) in [4.78, 5) is 12.2. The van der Waals surface area contributed by atoms with E-state index < -0.39 is 20.6 Å². The highest BCUT2D eigenvalue weighted by Crippen LogP contribution is 2.40. The van der Waals surface area contributed by atoms with Crippen molar-refractivity contribution in [3.63, 3.8) is 0 Å². The van der Waals surface area contributed by atoms with Gasteiger partial charge in [-0.1, -0.05) is 11.6 Å². The van der Waals surface area contributed by atoms with Crippen molar-refractivity contribution in [1.82, 2.24) is 0 Å². The van der Waals surface area contributed by atoms with Gasteiger partial charge in [0.05, 0.1) is 47.6 Å². The van der Waals surface area contributed by atoms with Crippen LogP contribution in [0.2, 0.25) is 5.02 Å². The average Bonchev–Trinajstić information content (AvgIpc) is 2.76. The van der Waals surface area contributed by atoms with Crippen LogP contribution in [-0.2, 0) is 14.8 Å². The fourth-order valence-corrected chi connectivity index (χ4v) is 4.50. The van der Waals surface area contributed by atoms with Gasteiger partial charge < -0.3 is 19.1 Å². The smallest absolute Gasteiger partial charge is 0.289 e. The first-order chi connectivity index (χ1) is 15.3. The predicted molar refractivity (Wildman–Crippen MR) is 121 cm³/mol. The average molecular weight is 486 g/mol. The minimum absolute atomic E-state index is 0.155.